The maximum atomic E-state index is 4.55. The van der Waals surface area contributed by atoms with Crippen molar-refractivity contribution in [1.82, 2.24) is 9.38 Å². The van der Waals surface area contributed by atoms with Crippen molar-refractivity contribution < 1.29 is 0 Å². The highest BCUT2D eigenvalue weighted by atomic mass is 79.9. The summed E-state index contributed by atoms with van der Waals surface area (Å²) < 4.78 is 4.25. The first-order valence-electron chi connectivity index (χ1n) is 5.75. The van der Waals surface area contributed by atoms with Gasteiger partial charge in [0, 0.05) is 26.2 Å². The lowest BCUT2D eigenvalue weighted by atomic mass is 10.3. The smallest absolute Gasteiger partial charge is 0.194 e. The van der Waals surface area contributed by atoms with E-state index < -0.39 is 0 Å². The van der Waals surface area contributed by atoms with Crippen LogP contribution in [-0.2, 0) is 6.54 Å². The summed E-state index contributed by atoms with van der Waals surface area (Å²) in [7, 11) is 0. The molecule has 0 unspecified atom stereocenters. The van der Waals surface area contributed by atoms with Crippen molar-refractivity contribution in [2.75, 3.05) is 5.32 Å². The summed E-state index contributed by atoms with van der Waals surface area (Å²) in [6.07, 6.45) is 2.06. The first-order valence-corrected chi connectivity index (χ1v) is 8.21. The van der Waals surface area contributed by atoms with Crippen molar-refractivity contribution in [2.45, 2.75) is 13.5 Å². The van der Waals surface area contributed by atoms with E-state index in [1.807, 2.05) is 19.1 Å². The van der Waals surface area contributed by atoms with Crippen LogP contribution in [0.15, 0.2) is 38.7 Å². The van der Waals surface area contributed by atoms with Gasteiger partial charge in [0.05, 0.1) is 17.9 Å². The topological polar surface area (TPSA) is 29.3 Å². The predicted molar refractivity (Wildman–Crippen MR) is 87.0 cm³/mol. The van der Waals surface area contributed by atoms with E-state index in [1.165, 1.54) is 5.69 Å². The van der Waals surface area contributed by atoms with E-state index in [0.29, 0.717) is 0 Å². The van der Waals surface area contributed by atoms with Crippen LogP contribution < -0.4 is 5.32 Å². The number of hydrogen-bond donors (Lipinski definition) is 1. The molecule has 0 fully saturated rings. The summed E-state index contributed by atoms with van der Waals surface area (Å²) in [5.41, 5.74) is 3.34. The molecule has 2 heterocycles. The lowest BCUT2D eigenvalue weighted by molar-refractivity contribution is 0.993. The van der Waals surface area contributed by atoms with Crippen LogP contribution in [0.4, 0.5) is 5.69 Å². The Balaban J connectivity index is 1.87. The Morgan fingerprint density at radius 1 is 1.37 bits per heavy atom. The molecule has 1 aromatic carbocycles. The van der Waals surface area contributed by atoms with E-state index in [9.17, 15) is 0 Å². The van der Waals surface area contributed by atoms with Crippen LogP contribution in [0, 0.1) is 6.92 Å². The molecule has 0 aliphatic heterocycles. The van der Waals surface area contributed by atoms with E-state index in [4.69, 9.17) is 0 Å². The number of aromatic nitrogens is 2. The lowest BCUT2D eigenvalue weighted by Gasteiger charge is -2.09. The van der Waals surface area contributed by atoms with Crippen molar-refractivity contribution in [3.63, 3.8) is 0 Å². The molecule has 0 aliphatic rings. The van der Waals surface area contributed by atoms with Gasteiger partial charge in [0.2, 0.25) is 0 Å². The van der Waals surface area contributed by atoms with Crippen molar-refractivity contribution in [1.29, 1.82) is 0 Å². The second kappa shape index (κ2) is 5.26. The number of benzene rings is 1. The number of fused-ring (bicyclic) bond motifs is 1. The molecule has 3 aromatic rings. The minimum Gasteiger partial charge on any atom is -0.378 e. The molecular weight excluding hydrogens is 390 g/mol. The molecule has 3 nitrogen and oxygen atoms in total. The van der Waals surface area contributed by atoms with E-state index in [2.05, 4.69) is 64.2 Å². The highest BCUT2D eigenvalue weighted by molar-refractivity contribution is 9.11. The van der Waals surface area contributed by atoms with Gasteiger partial charge in [0.25, 0.3) is 0 Å². The highest BCUT2D eigenvalue weighted by Gasteiger charge is 2.09. The van der Waals surface area contributed by atoms with Crippen LogP contribution in [0.25, 0.3) is 4.96 Å². The fourth-order valence-electron chi connectivity index (χ4n) is 1.97. The quantitative estimate of drug-likeness (QED) is 0.681. The summed E-state index contributed by atoms with van der Waals surface area (Å²) in [5, 5.41) is 5.50. The maximum Gasteiger partial charge on any atom is 0.194 e. The van der Waals surface area contributed by atoms with Crippen molar-refractivity contribution >= 4 is 53.8 Å². The monoisotopic (exact) mass is 399 g/mol. The highest BCUT2D eigenvalue weighted by Crippen LogP contribution is 2.27. The Morgan fingerprint density at radius 2 is 2.21 bits per heavy atom. The Kier molecular flexibility index (Phi) is 3.64. The number of thiazole rings is 1. The minimum absolute atomic E-state index is 0.749. The molecule has 98 valence electrons. The van der Waals surface area contributed by atoms with E-state index >= 15 is 0 Å². The minimum atomic E-state index is 0.749. The van der Waals surface area contributed by atoms with Gasteiger partial charge in [0.15, 0.2) is 4.96 Å². The Bertz CT molecular complexity index is 733. The Labute approximate surface area is 131 Å². The molecule has 2 aromatic heterocycles. The number of nitrogens with zero attached hydrogens (tertiary/aromatic N) is 2. The first kappa shape index (κ1) is 13.1. The van der Waals surface area contributed by atoms with Gasteiger partial charge in [-0.05, 0) is 41.1 Å². The van der Waals surface area contributed by atoms with Crippen LogP contribution in [0.5, 0.6) is 0 Å². The molecule has 0 bridgehead atoms. The summed E-state index contributed by atoms with van der Waals surface area (Å²) in [6, 6.07) is 6.09. The molecule has 0 aliphatic carbocycles. The largest absolute Gasteiger partial charge is 0.378 e. The maximum absolute atomic E-state index is 4.55. The standard InChI is InChI=1S/C13H11Br2N3S/c1-8-12(18-4-5-19-13(18)17-8)7-16-11-6-9(14)2-3-10(11)15/h2-6,16H,7H2,1H3. The molecule has 0 saturated heterocycles. The third-order valence-corrected chi connectivity index (χ3v) is 4.88. The second-order valence-electron chi connectivity index (χ2n) is 4.18. The second-order valence-corrected chi connectivity index (χ2v) is 6.82. The molecule has 0 atom stereocenters. The zero-order chi connectivity index (χ0) is 13.4. The third-order valence-electron chi connectivity index (χ3n) is 2.94. The number of aryl methyl sites for hydroxylation is 1. The van der Waals surface area contributed by atoms with Crippen LogP contribution in [0.1, 0.15) is 11.4 Å². The van der Waals surface area contributed by atoms with Crippen molar-refractivity contribution in [3.05, 3.63) is 50.1 Å². The fraction of sp³-hybridized carbons (Fsp3) is 0.154. The number of nitrogens with one attached hydrogen (secondary N) is 1. The number of imidazole rings is 1. The van der Waals surface area contributed by atoms with E-state index in [-0.39, 0.29) is 0 Å². The van der Waals surface area contributed by atoms with Crippen molar-refractivity contribution in [3.8, 4) is 0 Å². The number of rotatable bonds is 3. The average Bonchev–Trinajstić information content (AvgIpc) is 2.92. The van der Waals surface area contributed by atoms with Gasteiger partial charge in [-0.25, -0.2) is 4.98 Å². The van der Waals surface area contributed by atoms with Gasteiger partial charge in [-0.3, -0.25) is 4.40 Å². The molecule has 6 heteroatoms. The van der Waals surface area contributed by atoms with E-state index in [0.717, 1.165) is 31.8 Å². The zero-order valence-electron chi connectivity index (χ0n) is 10.2. The molecule has 0 radical (unpaired) electrons. The molecule has 0 saturated carbocycles. The molecule has 19 heavy (non-hydrogen) atoms. The summed E-state index contributed by atoms with van der Waals surface area (Å²) >= 11 is 8.70. The van der Waals surface area contributed by atoms with Crippen LogP contribution >= 0.6 is 43.2 Å². The van der Waals surface area contributed by atoms with Gasteiger partial charge in [0.1, 0.15) is 0 Å². The fourth-order valence-corrected chi connectivity index (χ4v) is 3.49. The summed E-state index contributed by atoms with van der Waals surface area (Å²) in [5.74, 6) is 0. The van der Waals surface area contributed by atoms with Crippen LogP contribution in [0.3, 0.4) is 0 Å². The number of hydrogen-bond acceptors (Lipinski definition) is 3. The number of halogens is 2. The average molecular weight is 401 g/mol. The summed E-state index contributed by atoms with van der Waals surface area (Å²) in [6.45, 7) is 2.80. The van der Waals surface area contributed by atoms with Crippen LogP contribution in [-0.4, -0.2) is 9.38 Å². The first-order chi connectivity index (χ1) is 9.15. The molecule has 0 amide bonds. The molecule has 0 spiro atoms. The molecule has 3 rings (SSSR count). The summed E-state index contributed by atoms with van der Waals surface area (Å²) in [4.78, 5) is 5.59. The van der Waals surface area contributed by atoms with E-state index in [1.54, 1.807) is 11.3 Å². The lowest BCUT2D eigenvalue weighted by Crippen LogP contribution is -2.04. The number of anilines is 1. The van der Waals surface area contributed by atoms with Crippen molar-refractivity contribution in [2.24, 2.45) is 0 Å². The third kappa shape index (κ3) is 2.57. The Morgan fingerprint density at radius 3 is 3.05 bits per heavy atom. The molecular formula is C13H11Br2N3S. The Hall–Kier alpha value is -0.850. The zero-order valence-corrected chi connectivity index (χ0v) is 14.1. The van der Waals surface area contributed by atoms with Gasteiger partial charge >= 0.3 is 0 Å². The van der Waals surface area contributed by atoms with Crippen LogP contribution in [0.2, 0.25) is 0 Å². The SMILES string of the molecule is Cc1nc2sccn2c1CNc1cc(Br)ccc1Br. The normalized spacial score (nSPS) is 11.1. The molecule has 1 N–H and O–H groups in total. The van der Waals surface area contributed by atoms with Gasteiger partial charge in [-0.1, -0.05) is 15.9 Å². The van der Waals surface area contributed by atoms with Gasteiger partial charge < -0.3 is 5.32 Å². The predicted octanol–water partition coefficient (Wildman–Crippen LogP) is 4.84. The van der Waals surface area contributed by atoms with Gasteiger partial charge in [-0.2, -0.15) is 0 Å². The van der Waals surface area contributed by atoms with Gasteiger partial charge in [-0.15, -0.1) is 11.3 Å².